The molecule has 0 heterocycles. The van der Waals surface area contributed by atoms with Crippen LogP contribution >= 0.6 is 11.8 Å². The fourth-order valence-electron chi connectivity index (χ4n) is 1.78. The second-order valence-corrected chi connectivity index (χ2v) is 5.87. The van der Waals surface area contributed by atoms with E-state index in [1.165, 1.54) is 11.8 Å². The summed E-state index contributed by atoms with van der Waals surface area (Å²) in [4.78, 5) is 12.0. The summed E-state index contributed by atoms with van der Waals surface area (Å²) in [7, 11) is 0. The molecule has 1 aliphatic carbocycles. The maximum atomic E-state index is 12.0. The second kappa shape index (κ2) is 7.22. The van der Waals surface area contributed by atoms with Crippen LogP contribution in [0.3, 0.4) is 0 Å². The molecule has 0 aromatic rings. The molecule has 98 valence electrons. The zero-order chi connectivity index (χ0) is 12.7. The quantitative estimate of drug-likeness (QED) is 0.533. The van der Waals surface area contributed by atoms with Gasteiger partial charge in [-0.1, -0.05) is 50.6 Å². The molecule has 1 saturated carbocycles. The van der Waals surface area contributed by atoms with Crippen molar-refractivity contribution in [3.05, 3.63) is 12.2 Å². The molecule has 3 heteroatoms. The number of rotatable bonds is 8. The van der Waals surface area contributed by atoms with E-state index in [9.17, 15) is 9.90 Å². The van der Waals surface area contributed by atoms with E-state index in [-0.39, 0.29) is 5.12 Å². The van der Waals surface area contributed by atoms with E-state index in [0.29, 0.717) is 0 Å². The first-order chi connectivity index (χ1) is 8.17. The number of carbonyl (C=O) groups excluding carboxylic acids is 1. The molecule has 1 N–H and O–H groups in total. The molecule has 0 aromatic heterocycles. The highest BCUT2D eigenvalue weighted by Gasteiger charge is 2.54. The number of carbonyl (C=O) groups is 1. The third-order valence-electron chi connectivity index (χ3n) is 3.27. The lowest BCUT2D eigenvalue weighted by Gasteiger charge is -2.17. The van der Waals surface area contributed by atoms with Gasteiger partial charge in [-0.05, 0) is 25.7 Å². The minimum Gasteiger partial charge on any atom is -0.388 e. The van der Waals surface area contributed by atoms with Crippen LogP contribution < -0.4 is 0 Å². The molecule has 2 nitrogen and oxygen atoms in total. The standard InChI is InChI=1S/C14H24O2S/c1-3-5-7-8-12(15)14(9-10-14)13(16)17-11-6-4-2/h7-8,12,15H,3-6,9-11H2,1-2H3/b8-7+. The van der Waals surface area contributed by atoms with Crippen molar-refractivity contribution in [2.24, 2.45) is 5.41 Å². The Morgan fingerprint density at radius 3 is 2.65 bits per heavy atom. The molecule has 1 aliphatic rings. The molecule has 0 aromatic carbocycles. The second-order valence-electron chi connectivity index (χ2n) is 4.81. The number of unbranched alkanes of at least 4 members (excludes halogenated alkanes) is 2. The molecule has 1 rings (SSSR count). The summed E-state index contributed by atoms with van der Waals surface area (Å²) in [6, 6.07) is 0. The first kappa shape index (κ1) is 14.8. The van der Waals surface area contributed by atoms with Crippen LogP contribution in [0, 0.1) is 5.41 Å². The Labute approximate surface area is 109 Å². The summed E-state index contributed by atoms with van der Waals surface area (Å²) in [6.45, 7) is 4.23. The van der Waals surface area contributed by atoms with E-state index in [2.05, 4.69) is 13.8 Å². The van der Waals surface area contributed by atoms with Crippen LogP contribution in [-0.4, -0.2) is 22.1 Å². The van der Waals surface area contributed by atoms with E-state index in [1.54, 1.807) is 0 Å². The number of hydrogen-bond donors (Lipinski definition) is 1. The van der Waals surface area contributed by atoms with Crippen molar-refractivity contribution in [3.63, 3.8) is 0 Å². The number of thioether (sulfide) groups is 1. The smallest absolute Gasteiger partial charge is 0.198 e. The van der Waals surface area contributed by atoms with Crippen LogP contribution in [0.4, 0.5) is 0 Å². The Balaban J connectivity index is 2.41. The normalized spacial score (nSPS) is 19.5. The Kier molecular flexibility index (Phi) is 6.28. The lowest BCUT2D eigenvalue weighted by atomic mass is 10.0. The molecule has 0 radical (unpaired) electrons. The molecule has 1 fully saturated rings. The van der Waals surface area contributed by atoms with Crippen LogP contribution in [-0.2, 0) is 4.79 Å². The molecular formula is C14H24O2S. The maximum absolute atomic E-state index is 12.0. The van der Waals surface area contributed by atoms with Gasteiger partial charge in [-0.2, -0.15) is 0 Å². The molecule has 0 saturated heterocycles. The van der Waals surface area contributed by atoms with Gasteiger partial charge in [0, 0.05) is 5.75 Å². The molecule has 17 heavy (non-hydrogen) atoms. The van der Waals surface area contributed by atoms with Gasteiger partial charge in [0.25, 0.3) is 0 Å². The van der Waals surface area contributed by atoms with Crippen LogP contribution in [0.2, 0.25) is 0 Å². The van der Waals surface area contributed by atoms with Gasteiger partial charge >= 0.3 is 0 Å². The van der Waals surface area contributed by atoms with Crippen LogP contribution in [0.5, 0.6) is 0 Å². The molecular weight excluding hydrogens is 232 g/mol. The molecule has 0 bridgehead atoms. The highest BCUT2D eigenvalue weighted by atomic mass is 32.2. The van der Waals surface area contributed by atoms with Gasteiger partial charge in [0.05, 0.1) is 11.5 Å². The summed E-state index contributed by atoms with van der Waals surface area (Å²) >= 11 is 1.41. The van der Waals surface area contributed by atoms with E-state index >= 15 is 0 Å². The van der Waals surface area contributed by atoms with E-state index in [0.717, 1.165) is 44.3 Å². The summed E-state index contributed by atoms with van der Waals surface area (Å²) in [5.74, 6) is 0.891. The molecule has 1 atom stereocenters. The zero-order valence-electron chi connectivity index (χ0n) is 10.9. The van der Waals surface area contributed by atoms with Crippen molar-refractivity contribution in [2.45, 2.75) is 58.5 Å². The number of hydrogen-bond acceptors (Lipinski definition) is 3. The third kappa shape index (κ3) is 4.14. The fraction of sp³-hybridized carbons (Fsp3) is 0.786. The van der Waals surface area contributed by atoms with Crippen LogP contribution in [0.25, 0.3) is 0 Å². The van der Waals surface area contributed by atoms with Crippen molar-refractivity contribution in [1.82, 2.24) is 0 Å². The largest absolute Gasteiger partial charge is 0.388 e. The SMILES string of the molecule is CCC/C=C/C(O)C1(C(=O)SCCCC)CC1. The molecule has 0 amide bonds. The first-order valence-corrected chi connectivity index (χ1v) is 7.68. The predicted octanol–water partition coefficient (Wildman–Crippen LogP) is 3.54. The average Bonchev–Trinajstić information content (AvgIpc) is 3.10. The average molecular weight is 256 g/mol. The topological polar surface area (TPSA) is 37.3 Å². The van der Waals surface area contributed by atoms with Gasteiger partial charge in [0.15, 0.2) is 5.12 Å². The van der Waals surface area contributed by atoms with Crippen molar-refractivity contribution in [2.75, 3.05) is 5.75 Å². The third-order valence-corrected chi connectivity index (χ3v) is 4.43. The lowest BCUT2D eigenvalue weighted by Crippen LogP contribution is -2.26. The molecule has 1 unspecified atom stereocenters. The minimum atomic E-state index is -0.573. The Bertz CT molecular complexity index is 269. The number of aliphatic hydroxyl groups is 1. The highest BCUT2D eigenvalue weighted by molar-refractivity contribution is 8.13. The van der Waals surface area contributed by atoms with Crippen molar-refractivity contribution < 1.29 is 9.90 Å². The van der Waals surface area contributed by atoms with E-state index in [4.69, 9.17) is 0 Å². The zero-order valence-corrected chi connectivity index (χ0v) is 11.8. The molecule has 0 aliphatic heterocycles. The number of allylic oxidation sites excluding steroid dienone is 1. The number of aliphatic hydroxyl groups excluding tert-OH is 1. The Hall–Kier alpha value is -0.280. The first-order valence-electron chi connectivity index (χ1n) is 6.69. The maximum Gasteiger partial charge on any atom is 0.198 e. The van der Waals surface area contributed by atoms with Gasteiger partial charge in [-0.15, -0.1) is 0 Å². The molecule has 0 spiro atoms. The summed E-state index contributed by atoms with van der Waals surface area (Å²) in [5, 5.41) is 10.3. The van der Waals surface area contributed by atoms with Gasteiger partial charge in [0.1, 0.15) is 0 Å². The lowest BCUT2D eigenvalue weighted by molar-refractivity contribution is -0.118. The van der Waals surface area contributed by atoms with Crippen molar-refractivity contribution in [1.29, 1.82) is 0 Å². The summed E-state index contributed by atoms with van der Waals surface area (Å²) in [6.07, 6.45) is 9.19. The van der Waals surface area contributed by atoms with E-state index < -0.39 is 11.5 Å². The monoisotopic (exact) mass is 256 g/mol. The van der Waals surface area contributed by atoms with Gasteiger partial charge in [-0.25, -0.2) is 0 Å². The minimum absolute atomic E-state index is 0.194. The van der Waals surface area contributed by atoms with Crippen LogP contribution in [0.1, 0.15) is 52.4 Å². The van der Waals surface area contributed by atoms with Crippen molar-refractivity contribution >= 4 is 16.9 Å². The predicted molar refractivity (Wildman–Crippen MR) is 74.1 cm³/mol. The van der Waals surface area contributed by atoms with Gasteiger partial charge in [-0.3, -0.25) is 4.79 Å². The summed E-state index contributed by atoms with van der Waals surface area (Å²) in [5.41, 5.74) is -0.442. The Morgan fingerprint density at radius 2 is 2.12 bits per heavy atom. The Morgan fingerprint density at radius 1 is 1.41 bits per heavy atom. The highest BCUT2D eigenvalue weighted by Crippen LogP contribution is 2.52. The van der Waals surface area contributed by atoms with E-state index in [1.807, 2.05) is 12.2 Å². The van der Waals surface area contributed by atoms with Crippen molar-refractivity contribution in [3.8, 4) is 0 Å². The van der Waals surface area contributed by atoms with Gasteiger partial charge < -0.3 is 5.11 Å². The fourth-order valence-corrected chi connectivity index (χ4v) is 3.01. The summed E-state index contributed by atoms with van der Waals surface area (Å²) < 4.78 is 0. The van der Waals surface area contributed by atoms with Crippen LogP contribution in [0.15, 0.2) is 12.2 Å². The van der Waals surface area contributed by atoms with Gasteiger partial charge in [0.2, 0.25) is 0 Å².